The largest absolute Gasteiger partial charge is 0.337 e. The molecule has 0 N–H and O–H groups in total. The Bertz CT molecular complexity index is 1240. The maximum atomic E-state index is 12.6. The molecule has 33 heavy (non-hydrogen) atoms. The summed E-state index contributed by atoms with van der Waals surface area (Å²) in [7, 11) is -1.85. The lowest BCUT2D eigenvalue weighted by Crippen LogP contribution is -2.33. The minimum atomic E-state index is -3.49. The van der Waals surface area contributed by atoms with Crippen LogP contribution in [0.3, 0.4) is 0 Å². The Morgan fingerprint density at radius 3 is 2.55 bits per heavy atom. The van der Waals surface area contributed by atoms with Gasteiger partial charge < -0.3 is 9.42 Å². The second kappa shape index (κ2) is 10.4. The van der Waals surface area contributed by atoms with E-state index in [0.717, 1.165) is 11.1 Å². The molecule has 0 saturated heterocycles. The first-order valence-electron chi connectivity index (χ1n) is 10.4. The van der Waals surface area contributed by atoms with Crippen molar-refractivity contribution < 1.29 is 17.7 Å². The highest BCUT2D eigenvalue weighted by molar-refractivity contribution is 7.92. The smallest absolute Gasteiger partial charge is 0.246 e. The van der Waals surface area contributed by atoms with Gasteiger partial charge >= 0.3 is 0 Å². The van der Waals surface area contributed by atoms with Crippen molar-refractivity contribution in [2.75, 3.05) is 24.2 Å². The molecule has 176 valence electrons. The molecule has 2 aromatic carbocycles. The zero-order chi connectivity index (χ0) is 24.2. The van der Waals surface area contributed by atoms with Gasteiger partial charge in [0.1, 0.15) is 0 Å². The molecular weight excluding hydrogens is 464 g/mol. The predicted molar refractivity (Wildman–Crippen MR) is 129 cm³/mol. The van der Waals surface area contributed by atoms with Crippen molar-refractivity contribution in [1.29, 1.82) is 0 Å². The lowest BCUT2D eigenvalue weighted by atomic mass is 10.1. The number of sulfonamides is 1. The van der Waals surface area contributed by atoms with E-state index in [1.54, 1.807) is 25.2 Å². The molecule has 1 aromatic heterocycles. The minimum Gasteiger partial charge on any atom is -0.337 e. The molecule has 0 aliphatic carbocycles. The third kappa shape index (κ3) is 6.11. The summed E-state index contributed by atoms with van der Waals surface area (Å²) in [6.07, 6.45) is 1.73. The molecule has 0 atom stereocenters. The highest BCUT2D eigenvalue weighted by atomic mass is 35.5. The summed E-state index contributed by atoms with van der Waals surface area (Å²) in [4.78, 5) is 18.4. The lowest BCUT2D eigenvalue weighted by molar-refractivity contribution is -0.130. The molecule has 0 radical (unpaired) electrons. The number of hydrogen-bond donors (Lipinski definition) is 0. The van der Waals surface area contributed by atoms with E-state index in [9.17, 15) is 13.2 Å². The van der Waals surface area contributed by atoms with Crippen LogP contribution < -0.4 is 4.31 Å². The van der Waals surface area contributed by atoms with Gasteiger partial charge in [-0.15, -0.1) is 0 Å². The Morgan fingerprint density at radius 2 is 1.85 bits per heavy atom. The summed E-state index contributed by atoms with van der Waals surface area (Å²) in [5, 5.41) is 4.45. The molecule has 1 amide bonds. The number of halogens is 1. The number of aryl methyl sites for hydroxylation is 1. The van der Waals surface area contributed by atoms with Crippen LogP contribution in [-0.2, 0) is 21.4 Å². The first kappa shape index (κ1) is 24.7. The van der Waals surface area contributed by atoms with Gasteiger partial charge in [0.05, 0.1) is 23.5 Å². The second-order valence-corrected chi connectivity index (χ2v) is 10.2. The summed E-state index contributed by atoms with van der Waals surface area (Å²) in [6.45, 7) is 4.18. The van der Waals surface area contributed by atoms with Crippen LogP contribution in [0.15, 0.2) is 47.0 Å². The summed E-state index contributed by atoms with van der Waals surface area (Å²) >= 11 is 6.17. The van der Waals surface area contributed by atoms with Gasteiger partial charge in [-0.1, -0.05) is 41.0 Å². The van der Waals surface area contributed by atoms with Gasteiger partial charge in [-0.2, -0.15) is 4.98 Å². The third-order valence-electron chi connectivity index (χ3n) is 5.38. The van der Waals surface area contributed by atoms with Crippen LogP contribution in [0, 0.1) is 13.8 Å². The van der Waals surface area contributed by atoms with E-state index in [-0.39, 0.29) is 31.3 Å². The van der Waals surface area contributed by atoms with Crippen LogP contribution >= 0.6 is 11.6 Å². The van der Waals surface area contributed by atoms with Crippen molar-refractivity contribution in [3.05, 3.63) is 64.5 Å². The maximum Gasteiger partial charge on any atom is 0.246 e. The Morgan fingerprint density at radius 1 is 1.12 bits per heavy atom. The van der Waals surface area contributed by atoms with Crippen LogP contribution in [0.2, 0.25) is 5.02 Å². The van der Waals surface area contributed by atoms with Crippen molar-refractivity contribution in [2.24, 2.45) is 0 Å². The fourth-order valence-corrected chi connectivity index (χ4v) is 4.63. The third-order valence-corrected chi connectivity index (χ3v) is 6.89. The van der Waals surface area contributed by atoms with Gasteiger partial charge in [-0.05, 0) is 49.6 Å². The van der Waals surface area contributed by atoms with E-state index in [2.05, 4.69) is 10.1 Å². The second-order valence-electron chi connectivity index (χ2n) is 7.90. The molecule has 8 nitrogen and oxygen atoms in total. The van der Waals surface area contributed by atoms with Gasteiger partial charge in [-0.25, -0.2) is 8.42 Å². The molecule has 10 heteroatoms. The van der Waals surface area contributed by atoms with Gasteiger partial charge in [0.25, 0.3) is 0 Å². The number of carbonyl (C=O) groups excluding carboxylic acids is 1. The van der Waals surface area contributed by atoms with E-state index in [0.29, 0.717) is 28.5 Å². The van der Waals surface area contributed by atoms with Crippen molar-refractivity contribution in [1.82, 2.24) is 15.0 Å². The van der Waals surface area contributed by atoms with Crippen molar-refractivity contribution in [2.45, 2.75) is 33.2 Å². The molecule has 0 spiro atoms. The van der Waals surface area contributed by atoms with Crippen LogP contribution in [0.25, 0.3) is 11.4 Å². The summed E-state index contributed by atoms with van der Waals surface area (Å²) in [5.74, 6) is 0.490. The molecule has 1 heterocycles. The highest BCUT2D eigenvalue weighted by Gasteiger charge is 2.21. The van der Waals surface area contributed by atoms with Gasteiger partial charge in [0.2, 0.25) is 27.6 Å². The van der Waals surface area contributed by atoms with Gasteiger partial charge in [0, 0.05) is 25.6 Å². The molecule has 0 saturated carbocycles. The van der Waals surface area contributed by atoms with E-state index in [1.807, 2.05) is 38.1 Å². The summed E-state index contributed by atoms with van der Waals surface area (Å²) < 4.78 is 31.4. The quantitative estimate of drug-likeness (QED) is 0.445. The average Bonchev–Trinajstić information content (AvgIpc) is 3.21. The van der Waals surface area contributed by atoms with Crippen molar-refractivity contribution >= 4 is 33.2 Å². The molecule has 0 aliphatic heterocycles. The number of amides is 1. The van der Waals surface area contributed by atoms with E-state index >= 15 is 0 Å². The first-order valence-corrected chi connectivity index (χ1v) is 12.7. The molecule has 0 bridgehead atoms. The first-order chi connectivity index (χ1) is 15.6. The SMILES string of the molecule is Cc1cccc(N(CCCC(=O)N(C)Cc2nc(-c3ccccc3Cl)no2)S(C)(=O)=O)c1C. The number of hydrogen-bond acceptors (Lipinski definition) is 6. The number of aromatic nitrogens is 2. The highest BCUT2D eigenvalue weighted by Crippen LogP contribution is 2.26. The van der Waals surface area contributed by atoms with Crippen molar-refractivity contribution in [3.63, 3.8) is 0 Å². The molecule has 3 rings (SSSR count). The summed E-state index contributed by atoms with van der Waals surface area (Å²) in [5.41, 5.74) is 3.19. The van der Waals surface area contributed by atoms with E-state index in [1.165, 1.54) is 15.5 Å². The molecule has 0 aliphatic rings. The van der Waals surface area contributed by atoms with Crippen LogP contribution in [0.1, 0.15) is 29.9 Å². The number of anilines is 1. The normalized spacial score (nSPS) is 11.4. The van der Waals surface area contributed by atoms with E-state index < -0.39 is 10.0 Å². The standard InChI is InChI=1S/C23H27ClN4O4S/c1-16-9-7-12-20(17(16)2)28(33(4,30)31)14-8-13-22(29)27(3)15-21-25-23(26-32-21)18-10-5-6-11-19(18)24/h5-7,9-12H,8,13-15H2,1-4H3. The number of carbonyl (C=O) groups is 1. The molecule has 0 unspecified atom stereocenters. The Kier molecular flexibility index (Phi) is 7.76. The Balaban J connectivity index is 1.60. The topological polar surface area (TPSA) is 96.6 Å². The zero-order valence-corrected chi connectivity index (χ0v) is 20.7. The molecule has 3 aromatic rings. The van der Waals surface area contributed by atoms with E-state index in [4.69, 9.17) is 16.1 Å². The van der Waals surface area contributed by atoms with Crippen LogP contribution in [0.4, 0.5) is 5.69 Å². The summed E-state index contributed by atoms with van der Waals surface area (Å²) in [6, 6.07) is 12.7. The molecular formula is C23H27ClN4O4S. The van der Waals surface area contributed by atoms with Crippen LogP contribution in [-0.4, -0.2) is 49.2 Å². The number of rotatable bonds is 9. The number of benzene rings is 2. The predicted octanol–water partition coefficient (Wildman–Crippen LogP) is 4.21. The average molecular weight is 491 g/mol. The lowest BCUT2D eigenvalue weighted by Gasteiger charge is -2.25. The van der Waals surface area contributed by atoms with Gasteiger partial charge in [0.15, 0.2) is 0 Å². The Labute approximate surface area is 199 Å². The Hall–Kier alpha value is -2.91. The van der Waals surface area contributed by atoms with Crippen molar-refractivity contribution in [3.8, 4) is 11.4 Å². The fourth-order valence-electron chi connectivity index (χ4n) is 3.40. The minimum absolute atomic E-state index is 0.142. The van der Waals surface area contributed by atoms with Gasteiger partial charge in [-0.3, -0.25) is 9.10 Å². The number of nitrogens with zero attached hydrogens (tertiary/aromatic N) is 4. The molecule has 0 fully saturated rings. The zero-order valence-electron chi connectivity index (χ0n) is 19.1. The maximum absolute atomic E-state index is 12.6. The monoisotopic (exact) mass is 490 g/mol. The fraction of sp³-hybridized carbons (Fsp3) is 0.348. The van der Waals surface area contributed by atoms with Crippen LogP contribution in [0.5, 0.6) is 0 Å².